The number of hydrogen-bond acceptors (Lipinski definition) is 3. The fourth-order valence-electron chi connectivity index (χ4n) is 3.06. The molecule has 1 unspecified atom stereocenters. The van der Waals surface area contributed by atoms with Crippen LogP contribution < -0.4 is 0 Å². The molecule has 0 bridgehead atoms. The SMILES string of the molecule is N#Cc1ccc2nc(C3CCN(C(=O)C4CC4)C3)[nH]c2c1. The van der Waals surface area contributed by atoms with Crippen molar-refractivity contribution in [1.29, 1.82) is 5.26 Å². The molecule has 1 aromatic carbocycles. The van der Waals surface area contributed by atoms with E-state index in [-0.39, 0.29) is 11.8 Å². The van der Waals surface area contributed by atoms with Crippen LogP contribution in [0.5, 0.6) is 0 Å². The second-order valence-electron chi connectivity index (χ2n) is 6.01. The number of imidazole rings is 1. The Morgan fingerprint density at radius 2 is 2.24 bits per heavy atom. The van der Waals surface area contributed by atoms with E-state index in [2.05, 4.69) is 16.0 Å². The van der Waals surface area contributed by atoms with E-state index in [0.717, 1.165) is 49.2 Å². The Labute approximate surface area is 122 Å². The number of aromatic amines is 1. The molecule has 1 aliphatic heterocycles. The van der Waals surface area contributed by atoms with E-state index in [4.69, 9.17) is 5.26 Å². The Kier molecular flexibility index (Phi) is 2.71. The molecule has 1 aliphatic carbocycles. The van der Waals surface area contributed by atoms with Gasteiger partial charge in [-0.3, -0.25) is 4.79 Å². The minimum absolute atomic E-state index is 0.283. The van der Waals surface area contributed by atoms with Crippen LogP contribution in [0, 0.1) is 17.2 Å². The molecule has 2 aromatic rings. The number of fused-ring (bicyclic) bond motifs is 1. The van der Waals surface area contributed by atoms with Crippen molar-refractivity contribution >= 4 is 16.9 Å². The van der Waals surface area contributed by atoms with E-state index in [9.17, 15) is 4.79 Å². The number of nitrogens with one attached hydrogen (secondary N) is 1. The largest absolute Gasteiger partial charge is 0.342 e. The van der Waals surface area contributed by atoms with Gasteiger partial charge in [-0.25, -0.2) is 4.98 Å². The second-order valence-corrected chi connectivity index (χ2v) is 6.01. The van der Waals surface area contributed by atoms with Gasteiger partial charge >= 0.3 is 0 Å². The molecule has 21 heavy (non-hydrogen) atoms. The molecule has 2 heterocycles. The Morgan fingerprint density at radius 1 is 1.38 bits per heavy atom. The summed E-state index contributed by atoms with van der Waals surface area (Å²) in [5, 5.41) is 8.94. The Balaban J connectivity index is 1.56. The number of benzene rings is 1. The summed E-state index contributed by atoms with van der Waals surface area (Å²) in [7, 11) is 0. The summed E-state index contributed by atoms with van der Waals surface area (Å²) < 4.78 is 0. The van der Waals surface area contributed by atoms with Gasteiger partial charge in [-0.1, -0.05) is 0 Å². The average molecular weight is 280 g/mol. The second kappa shape index (κ2) is 4.59. The molecule has 2 fully saturated rings. The van der Waals surface area contributed by atoms with E-state index in [0.29, 0.717) is 11.5 Å². The molecule has 1 amide bonds. The van der Waals surface area contributed by atoms with E-state index in [1.54, 1.807) is 6.07 Å². The summed E-state index contributed by atoms with van der Waals surface area (Å²) in [6.45, 7) is 1.60. The van der Waals surface area contributed by atoms with Crippen LogP contribution in [0.15, 0.2) is 18.2 Å². The molecule has 106 valence electrons. The molecule has 0 spiro atoms. The zero-order chi connectivity index (χ0) is 14.4. The average Bonchev–Trinajstić information content (AvgIpc) is 3.09. The van der Waals surface area contributed by atoms with Gasteiger partial charge in [-0.05, 0) is 37.5 Å². The zero-order valence-corrected chi connectivity index (χ0v) is 11.7. The maximum atomic E-state index is 12.1. The maximum Gasteiger partial charge on any atom is 0.225 e. The van der Waals surface area contributed by atoms with Gasteiger partial charge in [0.15, 0.2) is 0 Å². The lowest BCUT2D eigenvalue weighted by atomic mass is 10.1. The molecular weight excluding hydrogens is 264 g/mol. The lowest BCUT2D eigenvalue weighted by Crippen LogP contribution is -2.29. The van der Waals surface area contributed by atoms with Gasteiger partial charge in [0.25, 0.3) is 0 Å². The number of carbonyl (C=O) groups is 1. The van der Waals surface area contributed by atoms with Crippen molar-refractivity contribution in [2.75, 3.05) is 13.1 Å². The van der Waals surface area contributed by atoms with Gasteiger partial charge in [0, 0.05) is 24.9 Å². The van der Waals surface area contributed by atoms with Crippen molar-refractivity contribution in [3.63, 3.8) is 0 Å². The number of likely N-dealkylation sites (tertiary alicyclic amines) is 1. The highest BCUT2D eigenvalue weighted by Gasteiger charge is 2.37. The molecule has 1 atom stereocenters. The third kappa shape index (κ3) is 2.17. The number of rotatable bonds is 2. The van der Waals surface area contributed by atoms with Crippen LogP contribution in [-0.4, -0.2) is 33.9 Å². The van der Waals surface area contributed by atoms with Gasteiger partial charge in [0.2, 0.25) is 5.91 Å². The van der Waals surface area contributed by atoms with E-state index < -0.39 is 0 Å². The highest BCUT2D eigenvalue weighted by molar-refractivity contribution is 5.81. The molecular formula is C16H16N4O. The van der Waals surface area contributed by atoms with Crippen molar-refractivity contribution in [3.05, 3.63) is 29.6 Å². The number of amides is 1. The fourth-order valence-corrected chi connectivity index (χ4v) is 3.06. The molecule has 5 nitrogen and oxygen atoms in total. The van der Waals surface area contributed by atoms with E-state index in [1.165, 1.54) is 0 Å². The minimum atomic E-state index is 0.283. The number of nitrogens with zero attached hydrogens (tertiary/aromatic N) is 3. The first-order valence-electron chi connectivity index (χ1n) is 7.43. The first-order valence-corrected chi connectivity index (χ1v) is 7.43. The summed E-state index contributed by atoms with van der Waals surface area (Å²) >= 11 is 0. The summed E-state index contributed by atoms with van der Waals surface area (Å²) in [4.78, 5) is 22.0. The van der Waals surface area contributed by atoms with Gasteiger partial charge < -0.3 is 9.88 Å². The quantitative estimate of drug-likeness (QED) is 0.916. The van der Waals surface area contributed by atoms with Gasteiger partial charge in [-0.15, -0.1) is 0 Å². The third-order valence-corrected chi connectivity index (χ3v) is 4.44. The fraction of sp³-hybridized carbons (Fsp3) is 0.438. The monoisotopic (exact) mass is 280 g/mol. The third-order valence-electron chi connectivity index (χ3n) is 4.44. The molecule has 1 saturated carbocycles. The number of nitriles is 1. The van der Waals surface area contributed by atoms with Crippen LogP contribution in [0.4, 0.5) is 0 Å². The Morgan fingerprint density at radius 3 is 3.00 bits per heavy atom. The normalized spacial score (nSPS) is 21.7. The highest BCUT2D eigenvalue weighted by atomic mass is 16.2. The Hall–Kier alpha value is -2.35. The van der Waals surface area contributed by atoms with E-state index in [1.807, 2.05) is 17.0 Å². The van der Waals surface area contributed by atoms with Crippen molar-refractivity contribution in [1.82, 2.24) is 14.9 Å². The summed E-state index contributed by atoms with van der Waals surface area (Å²) in [6, 6.07) is 7.62. The topological polar surface area (TPSA) is 72.8 Å². The number of hydrogen-bond donors (Lipinski definition) is 1. The standard InChI is InChI=1S/C16H16N4O/c17-8-10-1-4-13-14(7-10)19-15(18-13)12-5-6-20(9-12)16(21)11-2-3-11/h1,4,7,11-12H,2-3,5-6,9H2,(H,18,19). The zero-order valence-electron chi connectivity index (χ0n) is 11.7. The number of H-pyrrole nitrogens is 1. The van der Waals surface area contributed by atoms with Crippen LogP contribution in [0.25, 0.3) is 11.0 Å². The molecule has 0 radical (unpaired) electrons. The van der Waals surface area contributed by atoms with Gasteiger partial charge in [0.1, 0.15) is 5.82 Å². The molecule has 2 aliphatic rings. The molecule has 1 aromatic heterocycles. The molecule has 1 N–H and O–H groups in total. The first-order chi connectivity index (χ1) is 10.2. The van der Waals surface area contributed by atoms with Crippen LogP contribution in [0.1, 0.15) is 36.6 Å². The highest BCUT2D eigenvalue weighted by Crippen LogP contribution is 2.34. The van der Waals surface area contributed by atoms with Gasteiger partial charge in [0.05, 0.1) is 22.7 Å². The van der Waals surface area contributed by atoms with Crippen molar-refractivity contribution in [2.24, 2.45) is 5.92 Å². The van der Waals surface area contributed by atoms with Crippen molar-refractivity contribution in [3.8, 4) is 6.07 Å². The smallest absolute Gasteiger partial charge is 0.225 e. The van der Waals surface area contributed by atoms with Crippen molar-refractivity contribution in [2.45, 2.75) is 25.2 Å². The van der Waals surface area contributed by atoms with Crippen LogP contribution >= 0.6 is 0 Å². The first kappa shape index (κ1) is 12.4. The predicted octanol–water partition coefficient (Wildman–Crippen LogP) is 2.16. The minimum Gasteiger partial charge on any atom is -0.342 e. The molecule has 4 rings (SSSR count). The van der Waals surface area contributed by atoms with Crippen LogP contribution in [-0.2, 0) is 4.79 Å². The lowest BCUT2D eigenvalue weighted by Gasteiger charge is -2.15. The number of aromatic nitrogens is 2. The van der Waals surface area contributed by atoms with E-state index >= 15 is 0 Å². The predicted molar refractivity (Wildman–Crippen MR) is 77.5 cm³/mol. The van der Waals surface area contributed by atoms with Crippen molar-refractivity contribution < 1.29 is 4.79 Å². The Bertz CT molecular complexity index is 753. The maximum absolute atomic E-state index is 12.1. The lowest BCUT2D eigenvalue weighted by molar-refractivity contribution is -0.131. The summed E-state index contributed by atoms with van der Waals surface area (Å²) in [5.74, 6) is 1.83. The molecule has 1 saturated heterocycles. The van der Waals surface area contributed by atoms with Crippen LogP contribution in [0.2, 0.25) is 0 Å². The molecule has 5 heteroatoms. The number of carbonyl (C=O) groups excluding carboxylic acids is 1. The summed E-state index contributed by atoms with van der Waals surface area (Å²) in [6.07, 6.45) is 3.08. The van der Waals surface area contributed by atoms with Gasteiger partial charge in [-0.2, -0.15) is 5.26 Å². The summed E-state index contributed by atoms with van der Waals surface area (Å²) in [5.41, 5.74) is 2.42. The van der Waals surface area contributed by atoms with Crippen LogP contribution in [0.3, 0.4) is 0 Å².